The highest BCUT2D eigenvalue weighted by molar-refractivity contribution is 5.85. The average molecular weight is 281 g/mol. The molecule has 0 aliphatic heterocycles. The fourth-order valence-corrected chi connectivity index (χ4v) is 1.49. The predicted octanol–water partition coefficient (Wildman–Crippen LogP) is 1.63. The summed E-state index contributed by atoms with van der Waals surface area (Å²) >= 11 is 0. The molecule has 0 atom stereocenters. The number of H-pyrrole nitrogens is 1. The number of anilines is 1. The monoisotopic (exact) mass is 281 g/mol. The molecule has 110 valence electrons. The summed E-state index contributed by atoms with van der Waals surface area (Å²) in [4.78, 5) is 28.9. The van der Waals surface area contributed by atoms with Crippen LogP contribution in [0.3, 0.4) is 0 Å². The summed E-state index contributed by atoms with van der Waals surface area (Å²) in [6.07, 6.45) is 2.19. The van der Waals surface area contributed by atoms with E-state index in [0.717, 1.165) is 0 Å². The number of amides is 1. The lowest BCUT2D eigenvalue weighted by Crippen LogP contribution is -2.29. The summed E-state index contributed by atoms with van der Waals surface area (Å²) in [5.74, 6) is 0.110. The van der Waals surface area contributed by atoms with Crippen molar-refractivity contribution in [3.05, 3.63) is 28.8 Å². The van der Waals surface area contributed by atoms with Gasteiger partial charge in [0, 0.05) is 24.3 Å². The quantitative estimate of drug-likeness (QED) is 0.826. The molecular formula is C13H19N3O4. The molecule has 0 fully saturated rings. The molecule has 7 heteroatoms. The smallest absolute Gasteiger partial charge is 0.412 e. The van der Waals surface area contributed by atoms with Crippen LogP contribution < -0.4 is 11.0 Å². The van der Waals surface area contributed by atoms with Gasteiger partial charge in [0.05, 0.1) is 6.61 Å². The van der Waals surface area contributed by atoms with Crippen LogP contribution in [0.2, 0.25) is 0 Å². The molecule has 0 unspecified atom stereocenters. The first-order valence-corrected chi connectivity index (χ1v) is 6.03. The number of ether oxygens (including phenoxy) is 2. The molecule has 0 radical (unpaired) electrons. The van der Waals surface area contributed by atoms with E-state index in [9.17, 15) is 9.59 Å². The van der Waals surface area contributed by atoms with Crippen LogP contribution in [-0.2, 0) is 9.47 Å². The van der Waals surface area contributed by atoms with E-state index in [-0.39, 0.29) is 17.8 Å². The lowest BCUT2D eigenvalue weighted by molar-refractivity contribution is 0.0452. The van der Waals surface area contributed by atoms with Crippen molar-refractivity contribution >= 4 is 18.0 Å². The minimum Gasteiger partial charge on any atom is -0.449 e. The third-order valence-electron chi connectivity index (χ3n) is 2.41. The molecule has 0 bridgehead atoms. The van der Waals surface area contributed by atoms with Crippen LogP contribution in [0.5, 0.6) is 0 Å². The van der Waals surface area contributed by atoms with Crippen molar-refractivity contribution in [2.75, 3.05) is 25.6 Å². The maximum absolute atomic E-state index is 11.7. The van der Waals surface area contributed by atoms with Crippen molar-refractivity contribution in [3.8, 4) is 0 Å². The minimum absolute atomic E-state index is 0.110. The molecule has 1 rings (SSSR count). The van der Waals surface area contributed by atoms with Crippen LogP contribution in [-0.4, -0.2) is 36.4 Å². The van der Waals surface area contributed by atoms with Crippen LogP contribution in [0.25, 0.3) is 6.08 Å². The number of nitrogens with one attached hydrogen (secondary N) is 2. The summed E-state index contributed by atoms with van der Waals surface area (Å²) in [5, 5.41) is 2.41. The Labute approximate surface area is 117 Å². The molecule has 1 aromatic rings. The lowest BCUT2D eigenvalue weighted by Gasteiger charge is -2.22. The normalized spacial score (nSPS) is 10.9. The molecule has 1 amide bonds. The number of aromatic nitrogens is 2. The topological polar surface area (TPSA) is 93.3 Å². The molecule has 2 N–H and O–H groups in total. The summed E-state index contributed by atoms with van der Waals surface area (Å²) in [6, 6.07) is 0. The van der Waals surface area contributed by atoms with E-state index in [1.807, 2.05) is 13.8 Å². The number of hydrogen-bond donors (Lipinski definition) is 2. The third-order valence-corrected chi connectivity index (χ3v) is 2.41. The van der Waals surface area contributed by atoms with Gasteiger partial charge in [-0.2, -0.15) is 4.98 Å². The van der Waals surface area contributed by atoms with Gasteiger partial charge < -0.3 is 14.5 Å². The summed E-state index contributed by atoms with van der Waals surface area (Å²) in [5.41, 5.74) is -0.363. The van der Waals surface area contributed by atoms with Crippen molar-refractivity contribution in [2.45, 2.75) is 13.8 Å². The highest BCUT2D eigenvalue weighted by atomic mass is 16.6. The molecule has 20 heavy (non-hydrogen) atoms. The Morgan fingerprint density at radius 2 is 2.25 bits per heavy atom. The van der Waals surface area contributed by atoms with Gasteiger partial charge in [0.25, 0.3) is 0 Å². The fourth-order valence-electron chi connectivity index (χ4n) is 1.49. The van der Waals surface area contributed by atoms with Crippen LogP contribution in [0, 0.1) is 5.41 Å². The van der Waals surface area contributed by atoms with Crippen molar-refractivity contribution < 1.29 is 14.3 Å². The molecule has 0 saturated heterocycles. The van der Waals surface area contributed by atoms with Crippen molar-refractivity contribution in [3.63, 3.8) is 0 Å². The number of hydrogen-bond acceptors (Lipinski definition) is 5. The second-order valence-electron chi connectivity index (χ2n) is 5.01. The Morgan fingerprint density at radius 3 is 2.85 bits per heavy atom. The van der Waals surface area contributed by atoms with Crippen LogP contribution in [0.1, 0.15) is 19.4 Å². The number of rotatable bonds is 6. The van der Waals surface area contributed by atoms with E-state index in [4.69, 9.17) is 9.47 Å². The zero-order valence-corrected chi connectivity index (χ0v) is 11.9. The zero-order valence-electron chi connectivity index (χ0n) is 11.9. The van der Waals surface area contributed by atoms with Gasteiger partial charge in [-0.3, -0.25) is 5.32 Å². The molecule has 0 aromatic carbocycles. The van der Waals surface area contributed by atoms with E-state index in [1.165, 1.54) is 12.3 Å². The average Bonchev–Trinajstić information content (AvgIpc) is 2.37. The Morgan fingerprint density at radius 1 is 1.55 bits per heavy atom. The van der Waals surface area contributed by atoms with Crippen molar-refractivity contribution in [1.29, 1.82) is 0 Å². The predicted molar refractivity (Wildman–Crippen MR) is 75.6 cm³/mol. The highest BCUT2D eigenvalue weighted by Gasteiger charge is 2.20. The summed E-state index contributed by atoms with van der Waals surface area (Å²) in [6.45, 7) is 8.02. The number of carbonyl (C=O) groups excluding carboxylic acids is 1. The Bertz CT molecular complexity index is 537. The van der Waals surface area contributed by atoms with Gasteiger partial charge in [-0.05, 0) is 0 Å². The Hall–Kier alpha value is -2.15. The van der Waals surface area contributed by atoms with E-state index in [0.29, 0.717) is 12.2 Å². The summed E-state index contributed by atoms with van der Waals surface area (Å²) in [7, 11) is 1.58. The molecule has 1 heterocycles. The van der Waals surface area contributed by atoms with E-state index in [2.05, 4.69) is 21.9 Å². The first kappa shape index (κ1) is 15.9. The van der Waals surface area contributed by atoms with Crippen LogP contribution in [0.4, 0.5) is 10.6 Å². The van der Waals surface area contributed by atoms with Crippen molar-refractivity contribution in [2.24, 2.45) is 5.41 Å². The second kappa shape index (κ2) is 6.85. The Kier molecular flexibility index (Phi) is 5.45. The van der Waals surface area contributed by atoms with Gasteiger partial charge in [0.15, 0.2) is 0 Å². The van der Waals surface area contributed by atoms with Gasteiger partial charge in [0.1, 0.15) is 12.4 Å². The highest BCUT2D eigenvalue weighted by Crippen LogP contribution is 2.16. The number of carbonyl (C=O) groups is 1. The number of methoxy groups -OCH3 is 1. The minimum atomic E-state index is -0.685. The zero-order chi connectivity index (χ0) is 15.2. The first-order chi connectivity index (χ1) is 9.38. The SMILES string of the molecule is C=Cc1c[nH]c(=O)nc1NC(=O)OCC(C)(C)COC. The Balaban J connectivity index is 2.65. The molecule has 1 aromatic heterocycles. The van der Waals surface area contributed by atoms with Gasteiger partial charge in [-0.15, -0.1) is 0 Å². The fraction of sp³-hybridized carbons (Fsp3) is 0.462. The van der Waals surface area contributed by atoms with Crippen molar-refractivity contribution in [1.82, 2.24) is 9.97 Å². The van der Waals surface area contributed by atoms with Crippen LogP contribution in [0.15, 0.2) is 17.6 Å². The third kappa shape index (κ3) is 4.85. The number of aromatic amines is 1. The lowest BCUT2D eigenvalue weighted by atomic mass is 9.96. The first-order valence-electron chi connectivity index (χ1n) is 6.03. The molecule has 0 aliphatic carbocycles. The standard InChI is InChI=1S/C13H19N3O4/c1-5-9-6-14-11(17)15-10(9)16-12(18)20-8-13(2,3)7-19-4/h5-6H,1,7-8H2,2-4H3,(H2,14,15,16,17,18). The van der Waals surface area contributed by atoms with Gasteiger partial charge in [0.2, 0.25) is 0 Å². The van der Waals surface area contributed by atoms with Gasteiger partial charge in [-0.1, -0.05) is 26.5 Å². The largest absolute Gasteiger partial charge is 0.449 e. The molecule has 7 nitrogen and oxygen atoms in total. The second-order valence-corrected chi connectivity index (χ2v) is 5.01. The maximum Gasteiger partial charge on any atom is 0.412 e. The number of nitrogens with zero attached hydrogens (tertiary/aromatic N) is 1. The van der Waals surface area contributed by atoms with Gasteiger partial charge >= 0.3 is 11.8 Å². The van der Waals surface area contributed by atoms with Crippen LogP contribution >= 0.6 is 0 Å². The molecule has 0 spiro atoms. The maximum atomic E-state index is 11.7. The van der Waals surface area contributed by atoms with E-state index in [1.54, 1.807) is 7.11 Å². The van der Waals surface area contributed by atoms with Gasteiger partial charge in [-0.25, -0.2) is 9.59 Å². The summed E-state index contributed by atoms with van der Waals surface area (Å²) < 4.78 is 10.1. The molecule has 0 aliphatic rings. The van der Waals surface area contributed by atoms with E-state index < -0.39 is 11.8 Å². The molecule has 0 saturated carbocycles. The van der Waals surface area contributed by atoms with E-state index >= 15 is 0 Å². The molecular weight excluding hydrogens is 262 g/mol.